The van der Waals surface area contributed by atoms with Crippen LogP contribution in [-0.2, 0) is 11.2 Å². The van der Waals surface area contributed by atoms with Crippen LogP contribution in [0.5, 0.6) is 5.75 Å². The van der Waals surface area contributed by atoms with E-state index in [9.17, 15) is 4.39 Å². The maximum absolute atomic E-state index is 13.1. The van der Waals surface area contributed by atoms with Crippen molar-refractivity contribution in [1.29, 1.82) is 0 Å². The number of primary amides is 1. The highest BCUT2D eigenvalue weighted by atomic mass is 19.1. The van der Waals surface area contributed by atoms with Gasteiger partial charge in [0.1, 0.15) is 17.3 Å². The highest BCUT2D eigenvalue weighted by Gasteiger charge is 2.25. The first-order valence-corrected chi connectivity index (χ1v) is 11.5. The first-order chi connectivity index (χ1) is 17.0. The zero-order valence-corrected chi connectivity index (χ0v) is 20.3. The van der Waals surface area contributed by atoms with Gasteiger partial charge in [0, 0.05) is 47.6 Å². The summed E-state index contributed by atoms with van der Waals surface area (Å²) in [6.07, 6.45) is 11.1. The zero-order chi connectivity index (χ0) is 25.2. The first-order valence-electron chi connectivity index (χ1n) is 11.5. The van der Waals surface area contributed by atoms with Crippen LogP contribution in [0.25, 0.3) is 11.3 Å². The van der Waals surface area contributed by atoms with Crippen molar-refractivity contribution in [3.05, 3.63) is 83.1 Å². The summed E-state index contributed by atoms with van der Waals surface area (Å²) in [4.78, 5) is 17.5. The number of nitrogens with one attached hydrogen (secondary N) is 2. The van der Waals surface area contributed by atoms with Gasteiger partial charge in [-0.3, -0.25) is 9.79 Å². The van der Waals surface area contributed by atoms with E-state index in [1.807, 2.05) is 25.4 Å². The van der Waals surface area contributed by atoms with Gasteiger partial charge in [-0.25, -0.2) is 9.37 Å². The van der Waals surface area contributed by atoms with Crippen molar-refractivity contribution in [2.75, 3.05) is 20.2 Å². The van der Waals surface area contributed by atoms with E-state index in [1.54, 1.807) is 12.1 Å². The molecule has 4 heterocycles. The molecule has 35 heavy (non-hydrogen) atoms. The van der Waals surface area contributed by atoms with Gasteiger partial charge in [0.05, 0.1) is 18.3 Å². The van der Waals surface area contributed by atoms with Gasteiger partial charge >= 0.3 is 0 Å². The maximum Gasteiger partial charge on any atom is 0.204 e. The van der Waals surface area contributed by atoms with Crippen LogP contribution in [0.15, 0.2) is 71.0 Å². The van der Waals surface area contributed by atoms with Gasteiger partial charge in [-0.2, -0.15) is 0 Å². The number of hydrogen-bond donors (Lipinski definition) is 3. The fraction of sp³-hybridized carbons (Fsp3) is 0.296. The molecule has 1 amide bonds. The molecule has 3 aliphatic heterocycles. The van der Waals surface area contributed by atoms with Gasteiger partial charge < -0.3 is 21.1 Å². The van der Waals surface area contributed by atoms with E-state index in [4.69, 9.17) is 14.5 Å². The second-order valence-electron chi connectivity index (χ2n) is 8.32. The Kier molecular flexibility index (Phi) is 9.31. The average molecular weight is 478 g/mol. The van der Waals surface area contributed by atoms with Gasteiger partial charge in [-0.1, -0.05) is 13.0 Å². The number of nitrogens with two attached hydrogens (primary N) is 1. The van der Waals surface area contributed by atoms with Crippen LogP contribution in [0.4, 0.5) is 4.39 Å². The van der Waals surface area contributed by atoms with Crippen LogP contribution in [0.3, 0.4) is 0 Å². The number of carbonyl (C=O) groups is 1. The Balaban J connectivity index is 0.000000204. The van der Waals surface area contributed by atoms with E-state index >= 15 is 0 Å². The minimum absolute atomic E-state index is 0.240. The number of rotatable bonds is 4. The summed E-state index contributed by atoms with van der Waals surface area (Å²) in [5.41, 5.74) is 10.4. The van der Waals surface area contributed by atoms with E-state index < -0.39 is 0 Å². The summed E-state index contributed by atoms with van der Waals surface area (Å²) in [7, 11) is 1.93. The summed E-state index contributed by atoms with van der Waals surface area (Å²) in [5, 5.41) is 6.45. The second kappa shape index (κ2) is 12.6. The monoisotopic (exact) mass is 477 g/mol. The lowest BCUT2D eigenvalue weighted by Gasteiger charge is -2.22. The van der Waals surface area contributed by atoms with Crippen LogP contribution < -0.4 is 21.1 Å². The molecular weight excluding hydrogens is 445 g/mol. The molecular formula is C27H32FN5O2. The van der Waals surface area contributed by atoms with Crippen molar-refractivity contribution < 1.29 is 13.9 Å². The van der Waals surface area contributed by atoms with Crippen LogP contribution >= 0.6 is 0 Å². The van der Waals surface area contributed by atoms with Gasteiger partial charge in [0.15, 0.2) is 0 Å². The first kappa shape index (κ1) is 25.8. The molecule has 0 radical (unpaired) electrons. The Bertz CT molecular complexity index is 1140. The van der Waals surface area contributed by atoms with Crippen molar-refractivity contribution in [2.45, 2.75) is 32.2 Å². The predicted octanol–water partition coefficient (Wildman–Crippen LogP) is 3.63. The van der Waals surface area contributed by atoms with Crippen molar-refractivity contribution in [3.63, 3.8) is 0 Å². The number of benzene rings is 1. The number of ether oxygens (including phenoxy) is 1. The number of hydrogen-bond acceptors (Lipinski definition) is 6. The second-order valence-corrected chi connectivity index (χ2v) is 8.32. The Labute approximate surface area is 205 Å². The highest BCUT2D eigenvalue weighted by Crippen LogP contribution is 2.41. The van der Waals surface area contributed by atoms with Crippen molar-refractivity contribution >= 4 is 12.6 Å². The highest BCUT2D eigenvalue weighted by molar-refractivity contribution is 5.74. The van der Waals surface area contributed by atoms with Crippen molar-refractivity contribution in [2.24, 2.45) is 10.7 Å². The normalized spacial score (nSPS) is 18.7. The Morgan fingerprint density at radius 2 is 2.03 bits per heavy atom. The van der Waals surface area contributed by atoms with E-state index in [0.29, 0.717) is 18.6 Å². The van der Waals surface area contributed by atoms with Gasteiger partial charge in [0.2, 0.25) is 6.41 Å². The topological polar surface area (TPSA) is 102 Å². The lowest BCUT2D eigenvalue weighted by Crippen LogP contribution is -2.30. The minimum Gasteiger partial charge on any atom is -0.490 e. The third-order valence-corrected chi connectivity index (χ3v) is 5.63. The van der Waals surface area contributed by atoms with Gasteiger partial charge in [-0.15, -0.1) is 0 Å². The third kappa shape index (κ3) is 6.86. The zero-order valence-electron chi connectivity index (χ0n) is 20.3. The smallest absolute Gasteiger partial charge is 0.204 e. The summed E-state index contributed by atoms with van der Waals surface area (Å²) in [6.45, 7) is 5.77. The standard InChI is InChI=1S/C17H19FN2O.C9H10N2.CH3NO/c1-11-10-21-17-15(11)9-14(7-8-19-2)20-16(17)12-3-5-13(18)6-4-12;1-7-4-5-8-9(11-7)3-2-6-10-8;2-1-3/h3-6,9,11,19H,7-8,10H2,1-2H3;2-6,9,11H,1H3;1H,(H2,2,3). The molecule has 2 unspecified atom stereocenters. The average Bonchev–Trinajstić information content (AvgIpc) is 3.24. The molecule has 184 valence electrons. The van der Waals surface area contributed by atoms with Crippen LogP contribution in [0.1, 0.15) is 31.0 Å². The largest absolute Gasteiger partial charge is 0.490 e. The van der Waals surface area contributed by atoms with Gasteiger partial charge in [0.25, 0.3) is 0 Å². The number of halogens is 1. The summed E-state index contributed by atoms with van der Waals surface area (Å²) < 4.78 is 18.9. The molecule has 3 aliphatic rings. The number of amides is 1. The van der Waals surface area contributed by atoms with Crippen LogP contribution in [0, 0.1) is 5.82 Å². The van der Waals surface area contributed by atoms with Crippen molar-refractivity contribution in [3.8, 4) is 17.0 Å². The number of pyridine rings is 1. The number of dihydropyridines is 2. The fourth-order valence-electron chi connectivity index (χ4n) is 3.85. The molecule has 0 aliphatic carbocycles. The molecule has 1 aromatic carbocycles. The number of carbonyl (C=O) groups excluding carboxylic acids is 1. The Morgan fingerprint density at radius 3 is 2.74 bits per heavy atom. The van der Waals surface area contributed by atoms with E-state index in [0.717, 1.165) is 41.4 Å². The SMILES string of the molecule is CC1=CC=C2N=CC=CC2N1.CNCCc1cc2c(c(-c3ccc(F)cc3)n1)OCC2C.NC=O. The molecule has 0 saturated heterocycles. The van der Waals surface area contributed by atoms with E-state index in [2.05, 4.69) is 53.4 Å². The van der Waals surface area contributed by atoms with Gasteiger partial charge in [-0.05, 0) is 62.5 Å². The molecule has 4 N–H and O–H groups in total. The van der Waals surface area contributed by atoms with E-state index in [1.165, 1.54) is 23.4 Å². The quantitative estimate of drug-likeness (QED) is 0.584. The molecule has 0 spiro atoms. The molecule has 1 aromatic heterocycles. The number of aromatic nitrogens is 1. The molecule has 2 atom stereocenters. The molecule has 0 saturated carbocycles. The lowest BCUT2D eigenvalue weighted by atomic mass is 9.99. The number of aliphatic imine (C=N–C) groups is 1. The summed E-state index contributed by atoms with van der Waals surface area (Å²) in [5.74, 6) is 0.980. The number of nitrogens with zero attached hydrogens (tertiary/aromatic N) is 2. The number of likely N-dealkylation sites (N-methyl/N-ethyl adjacent to an activating group) is 1. The molecule has 5 rings (SSSR count). The Morgan fingerprint density at radius 1 is 1.29 bits per heavy atom. The Hall–Kier alpha value is -3.78. The van der Waals surface area contributed by atoms with Crippen molar-refractivity contribution in [1.82, 2.24) is 15.6 Å². The summed E-state index contributed by atoms with van der Waals surface area (Å²) in [6, 6.07) is 8.87. The van der Waals surface area contributed by atoms with Crippen LogP contribution in [0.2, 0.25) is 0 Å². The summed E-state index contributed by atoms with van der Waals surface area (Å²) >= 11 is 0. The third-order valence-electron chi connectivity index (χ3n) is 5.63. The molecule has 0 bridgehead atoms. The lowest BCUT2D eigenvalue weighted by molar-refractivity contribution is -0.106. The molecule has 7 nitrogen and oxygen atoms in total. The van der Waals surface area contributed by atoms with E-state index in [-0.39, 0.29) is 12.2 Å². The molecule has 8 heteroatoms. The predicted molar refractivity (Wildman–Crippen MR) is 138 cm³/mol. The maximum atomic E-state index is 13.1. The molecule has 2 aromatic rings. The van der Waals surface area contributed by atoms with Crippen LogP contribution in [-0.4, -0.2) is 43.8 Å². The fourth-order valence-corrected chi connectivity index (χ4v) is 3.85. The minimum atomic E-state index is -0.240. The number of allylic oxidation sites excluding steroid dienone is 4. The number of fused-ring (bicyclic) bond motifs is 2. The molecule has 0 fully saturated rings.